The summed E-state index contributed by atoms with van der Waals surface area (Å²) in [6.45, 7) is 2.41. The van der Waals surface area contributed by atoms with Crippen LogP contribution in [0, 0.1) is 5.82 Å². The second-order valence-electron chi connectivity index (χ2n) is 3.51. The van der Waals surface area contributed by atoms with Crippen molar-refractivity contribution in [2.24, 2.45) is 5.73 Å². The van der Waals surface area contributed by atoms with Crippen LogP contribution in [0.5, 0.6) is 0 Å². The Kier molecular flexibility index (Phi) is 5.37. The first-order valence-corrected chi connectivity index (χ1v) is 5.90. The van der Waals surface area contributed by atoms with Gasteiger partial charge in [0.25, 0.3) is 0 Å². The van der Waals surface area contributed by atoms with Gasteiger partial charge >= 0.3 is 6.09 Å². The first-order valence-electron chi connectivity index (χ1n) is 5.11. The Morgan fingerprint density at radius 2 is 2.35 bits per heavy atom. The summed E-state index contributed by atoms with van der Waals surface area (Å²) in [5, 5.41) is 3.03. The predicted molar refractivity (Wildman–Crippen MR) is 66.1 cm³/mol. The maximum atomic E-state index is 13.6. The van der Waals surface area contributed by atoms with Crippen molar-refractivity contribution in [3.63, 3.8) is 0 Å². The van der Waals surface area contributed by atoms with Gasteiger partial charge in [0, 0.05) is 22.6 Å². The lowest BCUT2D eigenvalue weighted by Crippen LogP contribution is -2.26. The summed E-state index contributed by atoms with van der Waals surface area (Å²) in [5.74, 6) is -0.282. The van der Waals surface area contributed by atoms with Gasteiger partial charge in [0.2, 0.25) is 0 Å². The number of halogens is 2. The zero-order valence-electron chi connectivity index (χ0n) is 9.37. The van der Waals surface area contributed by atoms with E-state index in [1.165, 1.54) is 6.07 Å². The molecule has 1 atom stereocenters. The maximum Gasteiger partial charge on any atom is 0.404 e. The average Bonchev–Trinajstić information content (AvgIpc) is 2.23. The van der Waals surface area contributed by atoms with E-state index < -0.39 is 6.09 Å². The van der Waals surface area contributed by atoms with Gasteiger partial charge in [-0.2, -0.15) is 0 Å². The lowest BCUT2D eigenvalue weighted by Gasteiger charge is -2.15. The molecule has 1 rings (SSSR count). The van der Waals surface area contributed by atoms with Gasteiger partial charge < -0.3 is 15.8 Å². The van der Waals surface area contributed by atoms with E-state index in [1.54, 1.807) is 12.1 Å². The number of carbonyl (C=O) groups excluding carboxylic acids is 1. The molecule has 3 N–H and O–H groups in total. The van der Waals surface area contributed by atoms with Gasteiger partial charge in [-0.15, -0.1) is 0 Å². The lowest BCUT2D eigenvalue weighted by atomic mass is 10.1. The molecule has 0 saturated carbocycles. The zero-order valence-corrected chi connectivity index (χ0v) is 11.0. The second kappa shape index (κ2) is 6.56. The first-order chi connectivity index (χ1) is 8.00. The molecule has 0 aromatic heterocycles. The molecule has 0 heterocycles. The normalized spacial score (nSPS) is 12.2. The number of nitrogens with two attached hydrogens (primary N) is 1. The van der Waals surface area contributed by atoms with E-state index in [2.05, 4.69) is 26.0 Å². The minimum Gasteiger partial charge on any atom is -0.448 e. The highest BCUT2D eigenvalue weighted by molar-refractivity contribution is 9.10. The summed E-state index contributed by atoms with van der Waals surface area (Å²) in [6.07, 6.45) is -0.811. The van der Waals surface area contributed by atoms with Crippen LogP contribution in [0.2, 0.25) is 0 Å². The number of ether oxygens (including phenoxy) is 1. The number of primary amides is 1. The molecule has 1 amide bonds. The number of carbonyl (C=O) groups is 1. The summed E-state index contributed by atoms with van der Waals surface area (Å²) < 4.78 is 18.8. The van der Waals surface area contributed by atoms with Crippen LogP contribution in [-0.2, 0) is 4.74 Å². The molecule has 1 aromatic carbocycles. The SMILES string of the molecule is CC(NCCOC(N)=O)c1ccc(Br)cc1F. The molecule has 1 unspecified atom stereocenters. The lowest BCUT2D eigenvalue weighted by molar-refractivity contribution is 0.156. The number of hydrogen-bond acceptors (Lipinski definition) is 3. The van der Waals surface area contributed by atoms with Crippen LogP contribution in [0.1, 0.15) is 18.5 Å². The molecule has 1 aromatic rings. The fourth-order valence-corrected chi connectivity index (χ4v) is 1.72. The molecule has 17 heavy (non-hydrogen) atoms. The molecule has 0 aliphatic rings. The number of amides is 1. The summed E-state index contributed by atoms with van der Waals surface area (Å²) >= 11 is 3.19. The Labute approximate surface area is 107 Å². The maximum absolute atomic E-state index is 13.6. The molecule has 0 radical (unpaired) electrons. The standard InChI is InChI=1S/C11H14BrFN2O2/c1-7(15-4-5-17-11(14)16)9-3-2-8(12)6-10(9)13/h2-3,6-7,15H,4-5H2,1H3,(H2,14,16). The van der Waals surface area contributed by atoms with Crippen molar-refractivity contribution in [3.8, 4) is 0 Å². The Morgan fingerprint density at radius 1 is 1.65 bits per heavy atom. The molecule has 0 aliphatic carbocycles. The van der Waals surface area contributed by atoms with Crippen LogP contribution >= 0.6 is 15.9 Å². The van der Waals surface area contributed by atoms with Crippen LogP contribution < -0.4 is 11.1 Å². The number of benzene rings is 1. The third-order valence-electron chi connectivity index (χ3n) is 2.23. The van der Waals surface area contributed by atoms with Crippen LogP contribution in [0.15, 0.2) is 22.7 Å². The highest BCUT2D eigenvalue weighted by Gasteiger charge is 2.10. The van der Waals surface area contributed by atoms with Crippen molar-refractivity contribution in [3.05, 3.63) is 34.1 Å². The molecule has 0 saturated heterocycles. The van der Waals surface area contributed by atoms with Crippen LogP contribution in [0.3, 0.4) is 0 Å². The van der Waals surface area contributed by atoms with E-state index in [1.807, 2.05) is 6.92 Å². The molecule has 4 nitrogen and oxygen atoms in total. The average molecular weight is 305 g/mol. The third-order valence-corrected chi connectivity index (χ3v) is 2.72. The molecule has 0 bridgehead atoms. The fraction of sp³-hybridized carbons (Fsp3) is 0.364. The minimum absolute atomic E-state index is 0.165. The zero-order chi connectivity index (χ0) is 12.8. The Balaban J connectivity index is 2.46. The van der Waals surface area contributed by atoms with E-state index in [0.29, 0.717) is 16.6 Å². The highest BCUT2D eigenvalue weighted by atomic mass is 79.9. The molecular formula is C11H14BrFN2O2. The molecule has 0 spiro atoms. The molecule has 6 heteroatoms. The van der Waals surface area contributed by atoms with Crippen molar-refractivity contribution >= 4 is 22.0 Å². The van der Waals surface area contributed by atoms with Crippen LogP contribution in [0.4, 0.5) is 9.18 Å². The molecule has 0 fully saturated rings. The van der Waals surface area contributed by atoms with E-state index in [4.69, 9.17) is 5.73 Å². The summed E-state index contributed by atoms with van der Waals surface area (Å²) in [4.78, 5) is 10.3. The van der Waals surface area contributed by atoms with E-state index in [-0.39, 0.29) is 18.5 Å². The summed E-state index contributed by atoms with van der Waals surface area (Å²) in [6, 6.07) is 4.72. The van der Waals surface area contributed by atoms with Crippen molar-refractivity contribution in [2.75, 3.05) is 13.2 Å². The van der Waals surface area contributed by atoms with E-state index in [0.717, 1.165) is 0 Å². The predicted octanol–water partition coefficient (Wildman–Crippen LogP) is 2.33. The van der Waals surface area contributed by atoms with E-state index in [9.17, 15) is 9.18 Å². The molecular weight excluding hydrogens is 291 g/mol. The van der Waals surface area contributed by atoms with Gasteiger partial charge in [-0.3, -0.25) is 0 Å². The van der Waals surface area contributed by atoms with Gasteiger partial charge in [0.05, 0.1) is 0 Å². The van der Waals surface area contributed by atoms with Crippen LogP contribution in [-0.4, -0.2) is 19.2 Å². The van der Waals surface area contributed by atoms with Crippen molar-refractivity contribution < 1.29 is 13.9 Å². The summed E-state index contributed by atoms with van der Waals surface area (Å²) in [5.41, 5.74) is 5.37. The Bertz CT molecular complexity index is 401. The van der Waals surface area contributed by atoms with Gasteiger partial charge in [0.15, 0.2) is 0 Å². The van der Waals surface area contributed by atoms with Gasteiger partial charge in [-0.05, 0) is 19.1 Å². The largest absolute Gasteiger partial charge is 0.448 e. The smallest absolute Gasteiger partial charge is 0.404 e. The van der Waals surface area contributed by atoms with Gasteiger partial charge in [0.1, 0.15) is 12.4 Å². The number of rotatable bonds is 5. The Hall–Kier alpha value is -1.14. The second-order valence-corrected chi connectivity index (χ2v) is 4.42. The fourth-order valence-electron chi connectivity index (χ4n) is 1.39. The Morgan fingerprint density at radius 3 is 2.94 bits per heavy atom. The topological polar surface area (TPSA) is 64.3 Å². The third kappa shape index (κ3) is 4.70. The van der Waals surface area contributed by atoms with E-state index >= 15 is 0 Å². The minimum atomic E-state index is -0.811. The van der Waals surface area contributed by atoms with Crippen LogP contribution in [0.25, 0.3) is 0 Å². The van der Waals surface area contributed by atoms with Gasteiger partial charge in [-0.1, -0.05) is 22.0 Å². The van der Waals surface area contributed by atoms with Crippen molar-refractivity contribution in [1.29, 1.82) is 0 Å². The highest BCUT2D eigenvalue weighted by Crippen LogP contribution is 2.20. The quantitative estimate of drug-likeness (QED) is 0.821. The molecule has 94 valence electrons. The summed E-state index contributed by atoms with van der Waals surface area (Å²) in [7, 11) is 0. The number of nitrogens with one attached hydrogen (secondary N) is 1. The van der Waals surface area contributed by atoms with Crippen molar-refractivity contribution in [1.82, 2.24) is 5.32 Å². The molecule has 0 aliphatic heterocycles. The van der Waals surface area contributed by atoms with Crippen molar-refractivity contribution in [2.45, 2.75) is 13.0 Å². The number of hydrogen-bond donors (Lipinski definition) is 2. The van der Waals surface area contributed by atoms with Gasteiger partial charge in [-0.25, -0.2) is 9.18 Å². The first kappa shape index (κ1) is 13.9. The monoisotopic (exact) mass is 304 g/mol.